The molecule has 1 saturated heterocycles. The predicted octanol–water partition coefficient (Wildman–Crippen LogP) is 3.97. The maximum Gasteiger partial charge on any atom is 0.320 e. The Bertz CT molecular complexity index is 1050. The standard InChI is InChI=1S/C25H29N5O/c1-2-29-16-21(18-10-5-3-6-11-18)23(17-29)26-25(31)27-24-20-14-9-15-22(20)28-30(24)19-12-7-4-8-13-19/h3-8,10-13,21,23H,2,9,14-17H2,1H3,(H2,26,27,31)/t21-,23?/m0/s1. The second-order valence-electron chi connectivity index (χ2n) is 8.45. The lowest BCUT2D eigenvalue weighted by Gasteiger charge is -2.21. The summed E-state index contributed by atoms with van der Waals surface area (Å²) in [6, 6.07) is 20.4. The highest BCUT2D eigenvalue weighted by molar-refractivity contribution is 5.90. The number of para-hydroxylation sites is 1. The lowest BCUT2D eigenvalue weighted by molar-refractivity contribution is 0.247. The number of hydrogen-bond donors (Lipinski definition) is 2. The van der Waals surface area contributed by atoms with Gasteiger partial charge >= 0.3 is 6.03 Å². The van der Waals surface area contributed by atoms with Crippen LogP contribution in [0.5, 0.6) is 0 Å². The lowest BCUT2D eigenvalue weighted by atomic mass is 9.94. The Hall–Kier alpha value is -3.12. The van der Waals surface area contributed by atoms with Gasteiger partial charge in [0.25, 0.3) is 0 Å². The second-order valence-corrected chi connectivity index (χ2v) is 8.45. The van der Waals surface area contributed by atoms with Crippen LogP contribution in [0.1, 0.15) is 36.1 Å². The zero-order chi connectivity index (χ0) is 21.2. The van der Waals surface area contributed by atoms with Crippen molar-refractivity contribution in [3.63, 3.8) is 0 Å². The molecule has 3 aromatic rings. The molecule has 31 heavy (non-hydrogen) atoms. The number of likely N-dealkylation sites (N-methyl/N-ethyl adjacent to an activating group) is 1. The molecule has 2 N–H and O–H groups in total. The Labute approximate surface area is 183 Å². The number of aryl methyl sites for hydroxylation is 1. The first kappa shape index (κ1) is 19.8. The van der Waals surface area contributed by atoms with Crippen LogP contribution in [0.25, 0.3) is 5.69 Å². The summed E-state index contributed by atoms with van der Waals surface area (Å²) in [4.78, 5) is 15.5. The van der Waals surface area contributed by atoms with E-state index in [1.807, 2.05) is 41.1 Å². The fraction of sp³-hybridized carbons (Fsp3) is 0.360. The number of likely N-dealkylation sites (tertiary alicyclic amines) is 1. The fourth-order valence-corrected chi connectivity index (χ4v) is 4.92. The van der Waals surface area contributed by atoms with E-state index >= 15 is 0 Å². The average molecular weight is 416 g/mol. The second kappa shape index (κ2) is 8.55. The molecule has 1 unspecified atom stereocenters. The highest BCUT2D eigenvalue weighted by atomic mass is 16.2. The van der Waals surface area contributed by atoms with Crippen molar-refractivity contribution in [1.29, 1.82) is 0 Å². The molecule has 0 spiro atoms. The summed E-state index contributed by atoms with van der Waals surface area (Å²) in [5.41, 5.74) is 4.51. The first-order valence-electron chi connectivity index (χ1n) is 11.2. The largest absolute Gasteiger partial charge is 0.333 e. The number of nitrogens with zero attached hydrogens (tertiary/aromatic N) is 3. The summed E-state index contributed by atoms with van der Waals surface area (Å²) >= 11 is 0. The molecule has 2 aliphatic rings. The predicted molar refractivity (Wildman–Crippen MR) is 123 cm³/mol. The molecule has 6 nitrogen and oxygen atoms in total. The van der Waals surface area contributed by atoms with E-state index in [0.29, 0.717) is 0 Å². The minimum atomic E-state index is -0.157. The fourth-order valence-electron chi connectivity index (χ4n) is 4.92. The number of anilines is 1. The van der Waals surface area contributed by atoms with Crippen molar-refractivity contribution in [3.8, 4) is 5.69 Å². The number of amides is 2. The molecule has 1 aromatic heterocycles. The molecule has 2 heterocycles. The molecule has 2 atom stereocenters. The van der Waals surface area contributed by atoms with Gasteiger partial charge in [0.15, 0.2) is 0 Å². The quantitative estimate of drug-likeness (QED) is 0.663. The zero-order valence-corrected chi connectivity index (χ0v) is 17.9. The number of urea groups is 1. The summed E-state index contributed by atoms with van der Waals surface area (Å²) in [7, 11) is 0. The molecule has 1 aliphatic heterocycles. The van der Waals surface area contributed by atoms with Gasteiger partial charge in [-0.1, -0.05) is 55.5 Å². The molecular weight excluding hydrogens is 386 g/mol. The SMILES string of the molecule is CCN1CC(NC(=O)Nc2c3c(nn2-c2ccccc2)CCC3)[C@H](c2ccccc2)C1. The minimum absolute atomic E-state index is 0.0727. The van der Waals surface area contributed by atoms with Gasteiger partial charge < -0.3 is 10.2 Å². The van der Waals surface area contributed by atoms with Gasteiger partial charge in [-0.25, -0.2) is 9.48 Å². The Morgan fingerprint density at radius 2 is 1.77 bits per heavy atom. The zero-order valence-electron chi connectivity index (χ0n) is 17.9. The van der Waals surface area contributed by atoms with Gasteiger partial charge in [0.1, 0.15) is 5.82 Å². The van der Waals surface area contributed by atoms with Crippen LogP contribution in [0, 0.1) is 0 Å². The molecule has 6 heteroatoms. The van der Waals surface area contributed by atoms with Crippen LogP contribution in [0.2, 0.25) is 0 Å². The van der Waals surface area contributed by atoms with Crippen molar-refractivity contribution in [3.05, 3.63) is 77.5 Å². The molecule has 0 saturated carbocycles. The minimum Gasteiger partial charge on any atom is -0.333 e. The summed E-state index contributed by atoms with van der Waals surface area (Å²) < 4.78 is 1.88. The monoisotopic (exact) mass is 415 g/mol. The van der Waals surface area contributed by atoms with Gasteiger partial charge in [-0.3, -0.25) is 5.32 Å². The van der Waals surface area contributed by atoms with Crippen molar-refractivity contribution in [2.24, 2.45) is 0 Å². The van der Waals surface area contributed by atoms with E-state index < -0.39 is 0 Å². The Balaban J connectivity index is 1.37. The summed E-state index contributed by atoms with van der Waals surface area (Å²) in [5.74, 6) is 1.09. The van der Waals surface area contributed by atoms with Crippen molar-refractivity contribution < 1.29 is 4.79 Å². The molecule has 1 fully saturated rings. The maximum atomic E-state index is 13.1. The highest BCUT2D eigenvalue weighted by Gasteiger charge is 2.34. The Morgan fingerprint density at radius 3 is 2.52 bits per heavy atom. The number of rotatable bonds is 5. The third-order valence-electron chi connectivity index (χ3n) is 6.53. The van der Waals surface area contributed by atoms with Crippen molar-refractivity contribution in [1.82, 2.24) is 20.0 Å². The van der Waals surface area contributed by atoms with E-state index in [-0.39, 0.29) is 18.0 Å². The first-order chi connectivity index (χ1) is 15.2. The number of carbonyl (C=O) groups excluding carboxylic acids is 1. The summed E-state index contributed by atoms with van der Waals surface area (Å²) in [6.07, 6.45) is 3.01. The number of benzene rings is 2. The summed E-state index contributed by atoms with van der Waals surface area (Å²) in [5, 5.41) is 11.2. The molecule has 0 radical (unpaired) electrons. The van der Waals surface area contributed by atoms with Gasteiger partial charge in [-0.2, -0.15) is 5.10 Å². The average Bonchev–Trinajstić information content (AvgIpc) is 3.51. The lowest BCUT2D eigenvalue weighted by Crippen LogP contribution is -2.42. The van der Waals surface area contributed by atoms with E-state index in [1.165, 1.54) is 11.1 Å². The Kier molecular flexibility index (Phi) is 5.47. The van der Waals surface area contributed by atoms with Gasteiger partial charge in [0.2, 0.25) is 0 Å². The molecular formula is C25H29N5O. The van der Waals surface area contributed by atoms with Crippen LogP contribution in [-0.2, 0) is 12.8 Å². The number of fused-ring (bicyclic) bond motifs is 1. The summed E-state index contributed by atoms with van der Waals surface area (Å²) in [6.45, 7) is 4.98. The van der Waals surface area contributed by atoms with Crippen LogP contribution in [-0.4, -0.2) is 46.4 Å². The van der Waals surface area contributed by atoms with Crippen LogP contribution in [0.3, 0.4) is 0 Å². The van der Waals surface area contributed by atoms with E-state index in [1.54, 1.807) is 0 Å². The van der Waals surface area contributed by atoms with Crippen LogP contribution in [0.15, 0.2) is 60.7 Å². The third-order valence-corrected chi connectivity index (χ3v) is 6.53. The van der Waals surface area contributed by atoms with E-state index in [4.69, 9.17) is 5.10 Å². The van der Waals surface area contributed by atoms with Gasteiger partial charge in [0, 0.05) is 24.6 Å². The number of hydrogen-bond acceptors (Lipinski definition) is 3. The maximum absolute atomic E-state index is 13.1. The van der Waals surface area contributed by atoms with Gasteiger partial charge in [0.05, 0.1) is 17.4 Å². The molecule has 2 amide bonds. The number of carbonyl (C=O) groups is 1. The van der Waals surface area contributed by atoms with E-state index in [0.717, 1.165) is 56.1 Å². The third kappa shape index (κ3) is 3.95. The smallest absolute Gasteiger partial charge is 0.320 e. The number of aromatic nitrogens is 2. The van der Waals surface area contributed by atoms with Gasteiger partial charge in [-0.05, 0) is 43.5 Å². The topological polar surface area (TPSA) is 62.2 Å². The molecule has 5 rings (SSSR count). The van der Waals surface area contributed by atoms with Crippen molar-refractivity contribution >= 4 is 11.8 Å². The normalized spacial score (nSPS) is 20.5. The van der Waals surface area contributed by atoms with E-state index in [9.17, 15) is 4.79 Å². The van der Waals surface area contributed by atoms with Gasteiger partial charge in [-0.15, -0.1) is 0 Å². The van der Waals surface area contributed by atoms with Crippen molar-refractivity contribution in [2.75, 3.05) is 25.0 Å². The first-order valence-corrected chi connectivity index (χ1v) is 11.2. The van der Waals surface area contributed by atoms with Crippen LogP contribution in [0.4, 0.5) is 10.6 Å². The molecule has 2 aromatic carbocycles. The van der Waals surface area contributed by atoms with Crippen molar-refractivity contribution in [2.45, 2.75) is 38.1 Å². The number of nitrogens with one attached hydrogen (secondary N) is 2. The van der Waals surface area contributed by atoms with Crippen LogP contribution < -0.4 is 10.6 Å². The van der Waals surface area contributed by atoms with E-state index in [2.05, 4.69) is 46.7 Å². The molecule has 1 aliphatic carbocycles. The van der Waals surface area contributed by atoms with Crippen LogP contribution >= 0.6 is 0 Å². The molecule has 0 bridgehead atoms. The Morgan fingerprint density at radius 1 is 1.03 bits per heavy atom. The molecule has 160 valence electrons. The highest BCUT2D eigenvalue weighted by Crippen LogP contribution is 2.31.